The summed E-state index contributed by atoms with van der Waals surface area (Å²) in [6.45, 7) is 22.0. The third-order valence-electron chi connectivity index (χ3n) is 17.9. The van der Waals surface area contributed by atoms with Crippen LogP contribution in [0.4, 0.5) is 9.59 Å². The van der Waals surface area contributed by atoms with E-state index in [4.69, 9.17) is 42.0 Å². The van der Waals surface area contributed by atoms with Crippen molar-refractivity contribution in [3.05, 3.63) is 158 Å². The summed E-state index contributed by atoms with van der Waals surface area (Å²) in [6.07, 6.45) is 9.70. The number of benzene rings is 4. The molecule has 5 fully saturated rings. The summed E-state index contributed by atoms with van der Waals surface area (Å²) in [5.74, 6) is 0.515. The third kappa shape index (κ3) is 15.8. The van der Waals surface area contributed by atoms with Crippen LogP contribution in [0.15, 0.2) is 114 Å². The second-order valence-electron chi connectivity index (χ2n) is 27.5. The Bertz CT molecular complexity index is 3740. The van der Waals surface area contributed by atoms with Crippen molar-refractivity contribution in [2.45, 2.75) is 173 Å². The number of aromatic nitrogens is 4. The minimum atomic E-state index is -3.71. The summed E-state index contributed by atoms with van der Waals surface area (Å²) in [6, 6.07) is 33.0. The minimum absolute atomic E-state index is 0. The molecular weight excluding hydrogens is 1300 g/mol. The van der Waals surface area contributed by atoms with E-state index in [-0.39, 0.29) is 47.6 Å². The molecule has 91 heavy (non-hydrogen) atoms. The zero-order valence-corrected chi connectivity index (χ0v) is 59.0. The topological polar surface area (TPSA) is 188 Å². The molecule has 3 aliphatic heterocycles. The van der Waals surface area contributed by atoms with Crippen LogP contribution in [0.5, 0.6) is 0 Å². The van der Waals surface area contributed by atoms with Gasteiger partial charge in [0.25, 0.3) is 0 Å². The molecule has 6 aromatic rings. The van der Waals surface area contributed by atoms with E-state index in [0.717, 1.165) is 103 Å². The van der Waals surface area contributed by atoms with Crippen LogP contribution in [0, 0.1) is 0 Å². The van der Waals surface area contributed by atoms with E-state index >= 15 is 0 Å². The van der Waals surface area contributed by atoms with E-state index in [2.05, 4.69) is 127 Å². The van der Waals surface area contributed by atoms with Gasteiger partial charge in [0.05, 0.1) is 39.5 Å². The number of hydrogen-bond donors (Lipinski definition) is 0. The number of carbonyl (C=O) groups excluding carboxylic acids is 2. The summed E-state index contributed by atoms with van der Waals surface area (Å²) >= 11 is 15.8. The molecule has 494 valence electrons. The Balaban J connectivity index is 0.000000191. The van der Waals surface area contributed by atoms with E-state index in [1.165, 1.54) is 53.9 Å². The lowest BCUT2D eigenvalue weighted by molar-refractivity contribution is 0.00578. The van der Waals surface area contributed by atoms with Gasteiger partial charge in [-0.25, -0.2) is 9.59 Å². The number of nitrogens with zero attached hydrogens (tertiary/aromatic N) is 8. The summed E-state index contributed by atoms with van der Waals surface area (Å²) in [7, 11) is -1.55. The van der Waals surface area contributed by atoms with Crippen molar-refractivity contribution in [3.63, 3.8) is 0 Å². The van der Waals surface area contributed by atoms with Gasteiger partial charge in [-0.2, -0.15) is 35.6 Å². The maximum Gasteiger partial charge on any atom is 0.494 e. The summed E-state index contributed by atoms with van der Waals surface area (Å²) in [4.78, 5) is 29.1. The number of piperidine rings is 2. The van der Waals surface area contributed by atoms with Crippen LogP contribution in [0.2, 0.25) is 10.0 Å². The van der Waals surface area contributed by atoms with Crippen molar-refractivity contribution in [2.75, 3.05) is 54.4 Å². The SMILES string of the molecule is C.CC(C)(C)OC(=O)N1CCC(c2ccc(Cl)cc2)(c2ccc(B3OC(C)(C)C(C)(C)O3)cc2)CC1.CN(C)S(=O)(=O)n1ncc(-c2ccc(C3(c4ccc(Cl)cc4)CCN(C(=O)OC(C)(C)C)CC3)cc2)c1C1CC1.CN(C)S(=O)(=O)n1ncc(Br)c1C1CC1. The number of hydrogen-bond acceptors (Lipinski definition) is 12. The van der Waals surface area contributed by atoms with Gasteiger partial charge in [-0.05, 0) is 194 Å². The number of likely N-dealkylation sites (tertiary alicyclic amines) is 2. The third-order valence-corrected chi connectivity index (χ3v) is 22.3. The minimum Gasteiger partial charge on any atom is -0.444 e. The van der Waals surface area contributed by atoms with E-state index in [9.17, 15) is 26.4 Å². The fraction of sp³-hybridized carbons (Fsp3) is 0.522. The van der Waals surface area contributed by atoms with Crippen molar-refractivity contribution in [1.82, 2.24) is 36.8 Å². The molecule has 3 saturated heterocycles. The maximum atomic E-state index is 12.9. The maximum absolute atomic E-state index is 12.9. The molecule has 0 unspecified atom stereocenters. The van der Waals surface area contributed by atoms with Gasteiger partial charge in [0.1, 0.15) is 11.2 Å². The summed E-state index contributed by atoms with van der Waals surface area (Å²) < 4.78 is 78.9. The molecule has 0 N–H and O–H groups in total. The first-order chi connectivity index (χ1) is 42.0. The quantitative estimate of drug-likeness (QED) is 0.106. The first kappa shape index (κ1) is 71.6. The molecule has 0 bridgehead atoms. The molecule has 5 heterocycles. The molecular formula is C67H90BBrCl2N8O10S2. The fourth-order valence-electron chi connectivity index (χ4n) is 11.7. The van der Waals surface area contributed by atoms with E-state index < -0.39 is 38.7 Å². The highest BCUT2D eigenvalue weighted by atomic mass is 79.9. The molecule has 0 spiro atoms. The molecule has 2 aromatic heterocycles. The largest absolute Gasteiger partial charge is 0.494 e. The molecule has 0 atom stereocenters. The van der Waals surface area contributed by atoms with Gasteiger partial charge in [0, 0.05) is 92.6 Å². The van der Waals surface area contributed by atoms with Crippen LogP contribution in [-0.2, 0) is 50.0 Å². The van der Waals surface area contributed by atoms with Crippen molar-refractivity contribution in [2.24, 2.45) is 0 Å². The highest BCUT2D eigenvalue weighted by Crippen LogP contribution is 2.48. The van der Waals surface area contributed by atoms with Crippen LogP contribution in [0.1, 0.15) is 174 Å². The van der Waals surface area contributed by atoms with Gasteiger partial charge in [-0.15, -0.1) is 8.17 Å². The van der Waals surface area contributed by atoms with Crippen molar-refractivity contribution in [3.8, 4) is 11.1 Å². The first-order valence-electron chi connectivity index (χ1n) is 30.7. The van der Waals surface area contributed by atoms with E-state index in [0.29, 0.717) is 42.1 Å². The molecule has 2 aliphatic carbocycles. The molecule has 11 rings (SSSR count). The normalized spacial score (nSPS) is 18.8. The molecule has 4 aromatic carbocycles. The first-order valence-corrected chi connectivity index (χ1v) is 35.1. The van der Waals surface area contributed by atoms with Gasteiger partial charge in [0.2, 0.25) is 0 Å². The molecule has 0 radical (unpaired) electrons. The van der Waals surface area contributed by atoms with Gasteiger partial charge < -0.3 is 28.6 Å². The number of halogens is 3. The van der Waals surface area contributed by atoms with Crippen molar-refractivity contribution >= 4 is 84.3 Å². The fourth-order valence-corrected chi connectivity index (χ4v) is 14.6. The highest BCUT2D eigenvalue weighted by molar-refractivity contribution is 9.10. The predicted octanol–water partition coefficient (Wildman–Crippen LogP) is 13.8. The second-order valence-corrected chi connectivity index (χ2v) is 33.2. The summed E-state index contributed by atoms with van der Waals surface area (Å²) in [5, 5.41) is 9.61. The van der Waals surface area contributed by atoms with Crippen molar-refractivity contribution < 1.29 is 45.2 Å². The number of amides is 2. The zero-order valence-electron chi connectivity index (χ0n) is 54.2. The molecule has 24 heteroatoms. The van der Waals surface area contributed by atoms with E-state index in [1.54, 1.807) is 11.1 Å². The van der Waals surface area contributed by atoms with Gasteiger partial charge in [0.15, 0.2) is 0 Å². The average Bonchev–Trinajstić information content (AvgIpc) is 1.55. The van der Waals surface area contributed by atoms with Gasteiger partial charge >= 0.3 is 39.7 Å². The lowest BCUT2D eigenvalue weighted by Gasteiger charge is -2.43. The average molecular weight is 1390 g/mol. The Morgan fingerprint density at radius 2 is 0.890 bits per heavy atom. The number of ether oxygens (including phenoxy) is 2. The molecule has 2 amide bonds. The predicted molar refractivity (Wildman–Crippen MR) is 365 cm³/mol. The summed E-state index contributed by atoms with van der Waals surface area (Å²) in [5.41, 5.74) is 6.67. The van der Waals surface area contributed by atoms with Crippen LogP contribution >= 0.6 is 39.1 Å². The Hall–Kier alpha value is -5.30. The smallest absolute Gasteiger partial charge is 0.444 e. The lowest BCUT2D eigenvalue weighted by Crippen LogP contribution is -2.47. The number of rotatable bonds is 12. The monoisotopic (exact) mass is 1390 g/mol. The van der Waals surface area contributed by atoms with Gasteiger partial charge in [-0.3, -0.25) is 0 Å². The molecule has 18 nitrogen and oxygen atoms in total. The Morgan fingerprint density at radius 1 is 0.560 bits per heavy atom. The Morgan fingerprint density at radius 3 is 1.24 bits per heavy atom. The number of carbonyl (C=O) groups is 2. The van der Waals surface area contributed by atoms with Crippen LogP contribution < -0.4 is 5.46 Å². The van der Waals surface area contributed by atoms with Crippen LogP contribution in [-0.4, -0.2) is 150 Å². The van der Waals surface area contributed by atoms with Gasteiger partial charge in [-0.1, -0.05) is 103 Å². The second kappa shape index (κ2) is 27.2. The van der Waals surface area contributed by atoms with E-state index in [1.807, 2.05) is 70.7 Å². The Kier molecular flexibility index (Phi) is 21.4. The molecule has 2 saturated carbocycles. The highest BCUT2D eigenvalue weighted by Gasteiger charge is 2.52. The zero-order chi connectivity index (χ0) is 65.7. The van der Waals surface area contributed by atoms with Crippen molar-refractivity contribution in [1.29, 1.82) is 0 Å². The standard InChI is InChI=1S/C30H37ClN4O4S.C28H37BClNO4.C8H12BrN3O2S.CH4/c1-29(2,3)39-28(36)34-18-16-30(17-19-34,24-12-14-25(31)15-13-24)23-10-8-21(9-11-23)26-20-32-35(27(26)22-6-7-22)40(37,38)33(4)5;1-25(2,3)33-24(32)31-18-16-28(17-19-31,21-10-14-23(30)15-11-21)20-8-12-22(13-9-20)29-34-26(4,5)27(6,7)35-29;1-11(2)15(13,14)12-8(6-3-4-6)7(9)5-10-12;/h8-15,20,22H,6-7,16-19H2,1-5H3;8-15H,16-19H2,1-7H3;5-6H,3-4H2,1-2H3;1H4. The molecule has 5 aliphatic rings. The Labute approximate surface area is 558 Å². The van der Waals surface area contributed by atoms with Crippen LogP contribution in [0.3, 0.4) is 0 Å². The lowest BCUT2D eigenvalue weighted by atomic mass is 9.67. The van der Waals surface area contributed by atoms with Crippen LogP contribution in [0.25, 0.3) is 11.1 Å².